The Bertz CT molecular complexity index is 1680. The van der Waals surface area contributed by atoms with Crippen molar-refractivity contribution in [3.05, 3.63) is 48.0 Å². The Morgan fingerprint density at radius 2 is 1.25 bits per heavy atom. The van der Waals surface area contributed by atoms with Crippen LogP contribution in [0.15, 0.2) is 42.5 Å². The van der Waals surface area contributed by atoms with Crippen molar-refractivity contribution in [2.24, 2.45) is 23.2 Å². The van der Waals surface area contributed by atoms with Gasteiger partial charge < -0.3 is 38.6 Å². The van der Waals surface area contributed by atoms with Crippen molar-refractivity contribution in [3.63, 3.8) is 0 Å². The fraction of sp³-hybridized carbons (Fsp3) is 0.605. The summed E-state index contributed by atoms with van der Waals surface area (Å²) in [4.78, 5) is 93.0. The van der Waals surface area contributed by atoms with E-state index in [1.807, 2.05) is 0 Å². The van der Waals surface area contributed by atoms with E-state index < -0.39 is 125 Å². The number of carbonyl (C=O) groups excluding carboxylic acids is 7. The summed E-state index contributed by atoms with van der Waals surface area (Å²) < 4.78 is 35.4. The fourth-order valence-corrected chi connectivity index (χ4v) is 8.67. The molecule has 0 aliphatic heterocycles. The van der Waals surface area contributed by atoms with Crippen LogP contribution in [0.2, 0.25) is 0 Å². The van der Waals surface area contributed by atoms with Crippen LogP contribution in [0.25, 0.3) is 0 Å². The van der Waals surface area contributed by atoms with E-state index in [2.05, 4.69) is 6.58 Å². The molecular weight excluding hydrogens is 696 g/mol. The number of fused-ring (bicyclic) bond motifs is 4. The molecule has 11 unspecified atom stereocenters. The molecular formula is C38H48O15. The Hall–Kier alpha value is -4.63. The minimum absolute atomic E-state index is 0.0421. The first-order valence-electron chi connectivity index (χ1n) is 17.2. The number of aliphatic hydroxyl groups is 2. The molecule has 0 heterocycles. The van der Waals surface area contributed by atoms with E-state index in [9.17, 15) is 43.8 Å². The van der Waals surface area contributed by atoms with Gasteiger partial charge in [0.25, 0.3) is 0 Å². The van der Waals surface area contributed by atoms with E-state index in [0.717, 1.165) is 34.6 Å². The quantitative estimate of drug-likeness (QED) is 0.233. The number of esters is 6. The first-order chi connectivity index (χ1) is 24.4. The van der Waals surface area contributed by atoms with Gasteiger partial charge in [-0.2, -0.15) is 0 Å². The minimum Gasteiger partial charge on any atom is -0.459 e. The second-order valence-corrected chi connectivity index (χ2v) is 15.1. The van der Waals surface area contributed by atoms with Crippen LogP contribution in [-0.2, 0) is 57.2 Å². The summed E-state index contributed by atoms with van der Waals surface area (Å²) >= 11 is 0. The Balaban J connectivity index is 2.19. The number of hydrogen-bond donors (Lipinski definition) is 2. The number of ketones is 1. The highest BCUT2D eigenvalue weighted by atomic mass is 16.6. The topological polar surface area (TPSA) is 215 Å². The number of benzene rings is 1. The van der Waals surface area contributed by atoms with Gasteiger partial charge in [0.15, 0.2) is 17.8 Å². The second-order valence-electron chi connectivity index (χ2n) is 15.1. The molecule has 2 N–H and O–H groups in total. The molecule has 3 aliphatic carbocycles. The smallest absolute Gasteiger partial charge is 0.338 e. The van der Waals surface area contributed by atoms with Gasteiger partial charge in [0.1, 0.15) is 35.3 Å². The van der Waals surface area contributed by atoms with E-state index in [1.54, 1.807) is 18.2 Å². The average molecular weight is 745 g/mol. The Kier molecular flexibility index (Phi) is 11.4. The molecule has 3 saturated carbocycles. The molecule has 1 aromatic carbocycles. The van der Waals surface area contributed by atoms with Crippen LogP contribution in [-0.4, -0.2) is 99.1 Å². The zero-order valence-corrected chi connectivity index (χ0v) is 31.3. The molecule has 3 fully saturated rings. The third kappa shape index (κ3) is 7.45. The molecule has 2 bridgehead atoms. The second kappa shape index (κ2) is 14.7. The number of carbonyl (C=O) groups is 7. The van der Waals surface area contributed by atoms with Crippen molar-refractivity contribution in [1.29, 1.82) is 0 Å². The van der Waals surface area contributed by atoms with Crippen LogP contribution in [0.4, 0.5) is 0 Å². The van der Waals surface area contributed by atoms with Crippen molar-refractivity contribution in [2.75, 3.05) is 0 Å². The maximum Gasteiger partial charge on any atom is 0.338 e. The van der Waals surface area contributed by atoms with Crippen molar-refractivity contribution in [2.45, 2.75) is 122 Å². The fourth-order valence-electron chi connectivity index (χ4n) is 8.67. The van der Waals surface area contributed by atoms with Gasteiger partial charge in [-0.1, -0.05) is 45.5 Å². The summed E-state index contributed by atoms with van der Waals surface area (Å²) in [6.45, 7) is 15.1. The van der Waals surface area contributed by atoms with Crippen LogP contribution < -0.4 is 0 Å². The Morgan fingerprint density at radius 1 is 0.736 bits per heavy atom. The SMILES string of the molecule is C=C1C(OC(C)=O)C(OC(=O)c2ccccc2)C(OC(C)=O)C(C)(C)C2CC(O)(C(C)C2=O)C2(OC(C)=O)CC(C)(O)C(OC(C)=O)C2C1OC(C)=O. The van der Waals surface area contributed by atoms with Crippen LogP contribution in [0, 0.1) is 23.2 Å². The molecule has 290 valence electrons. The van der Waals surface area contributed by atoms with E-state index in [0.29, 0.717) is 0 Å². The average Bonchev–Trinajstić information content (AvgIpc) is 3.41. The minimum atomic E-state index is -2.39. The lowest BCUT2D eigenvalue weighted by Gasteiger charge is -2.49. The van der Waals surface area contributed by atoms with Gasteiger partial charge in [-0.15, -0.1) is 0 Å². The maximum atomic E-state index is 14.5. The maximum absolute atomic E-state index is 14.5. The van der Waals surface area contributed by atoms with Crippen LogP contribution >= 0.6 is 0 Å². The Labute approximate surface area is 307 Å². The number of hydrogen-bond acceptors (Lipinski definition) is 15. The summed E-state index contributed by atoms with van der Waals surface area (Å²) in [5.74, 6) is -10.6. The predicted molar refractivity (Wildman–Crippen MR) is 181 cm³/mol. The lowest BCUT2D eigenvalue weighted by atomic mass is 9.66. The lowest BCUT2D eigenvalue weighted by molar-refractivity contribution is -0.233. The Morgan fingerprint density at radius 3 is 1.75 bits per heavy atom. The third-order valence-electron chi connectivity index (χ3n) is 10.9. The van der Waals surface area contributed by atoms with Crippen LogP contribution in [0.5, 0.6) is 0 Å². The van der Waals surface area contributed by atoms with Crippen molar-refractivity contribution >= 4 is 41.6 Å². The summed E-state index contributed by atoms with van der Waals surface area (Å²) in [5, 5.41) is 25.1. The van der Waals surface area contributed by atoms with E-state index in [-0.39, 0.29) is 11.1 Å². The van der Waals surface area contributed by atoms with Gasteiger partial charge in [0.2, 0.25) is 0 Å². The molecule has 3 aliphatic rings. The number of Topliss-reactive ketones (excluding diaryl/α,β-unsaturated/α-hetero) is 1. The number of rotatable bonds is 7. The third-order valence-corrected chi connectivity index (χ3v) is 10.9. The highest BCUT2D eigenvalue weighted by Gasteiger charge is 2.78. The summed E-state index contributed by atoms with van der Waals surface area (Å²) in [6, 6.07) is 7.67. The summed E-state index contributed by atoms with van der Waals surface area (Å²) in [5.41, 5.74) is -8.78. The lowest BCUT2D eigenvalue weighted by Crippen LogP contribution is -2.65. The summed E-state index contributed by atoms with van der Waals surface area (Å²) in [7, 11) is 0. The van der Waals surface area contributed by atoms with Crippen molar-refractivity contribution in [1.82, 2.24) is 0 Å². The van der Waals surface area contributed by atoms with Gasteiger partial charge in [-0.05, 0) is 25.5 Å². The highest BCUT2D eigenvalue weighted by Crippen LogP contribution is 2.62. The normalized spacial score (nSPS) is 36.2. The molecule has 11 atom stereocenters. The molecule has 0 spiro atoms. The van der Waals surface area contributed by atoms with Gasteiger partial charge in [0, 0.05) is 63.9 Å². The van der Waals surface area contributed by atoms with Gasteiger partial charge in [-0.3, -0.25) is 28.8 Å². The highest BCUT2D eigenvalue weighted by molar-refractivity contribution is 5.90. The molecule has 0 amide bonds. The largest absolute Gasteiger partial charge is 0.459 e. The van der Waals surface area contributed by atoms with E-state index in [4.69, 9.17) is 28.4 Å². The number of ether oxygens (including phenoxy) is 6. The molecule has 0 radical (unpaired) electrons. The molecule has 4 rings (SSSR count). The predicted octanol–water partition coefficient (Wildman–Crippen LogP) is 2.56. The molecule has 0 saturated heterocycles. The molecule has 1 aromatic rings. The van der Waals surface area contributed by atoms with Crippen molar-refractivity contribution in [3.8, 4) is 0 Å². The van der Waals surface area contributed by atoms with Crippen LogP contribution in [0.3, 0.4) is 0 Å². The standard InChI is InChI=1S/C38H48O15/c1-18-29(48-20(3)39)27-32(50-22(5)41)36(10,46)17-38(27,53-24(7)43)37(47)16-26(28(44)19(37)2)35(8,9)33(51-23(6)42)31(30(18)49-21(4)40)52-34(45)25-14-12-11-13-15-25/h11-15,19,26-27,29-33,46-47H,1,16-17H2,2-10H3. The van der Waals surface area contributed by atoms with Crippen LogP contribution in [0.1, 0.15) is 85.5 Å². The first-order valence-corrected chi connectivity index (χ1v) is 17.2. The zero-order valence-electron chi connectivity index (χ0n) is 31.3. The molecule has 15 heteroatoms. The van der Waals surface area contributed by atoms with Gasteiger partial charge in [-0.25, -0.2) is 4.79 Å². The molecule has 0 aromatic heterocycles. The van der Waals surface area contributed by atoms with E-state index in [1.165, 1.54) is 39.8 Å². The van der Waals surface area contributed by atoms with Crippen molar-refractivity contribution < 1.29 is 72.2 Å². The van der Waals surface area contributed by atoms with Gasteiger partial charge in [0.05, 0.1) is 11.5 Å². The monoisotopic (exact) mass is 744 g/mol. The zero-order chi connectivity index (χ0) is 40.0. The molecule has 15 nitrogen and oxygen atoms in total. The van der Waals surface area contributed by atoms with Gasteiger partial charge >= 0.3 is 35.8 Å². The molecule has 53 heavy (non-hydrogen) atoms. The van der Waals surface area contributed by atoms with E-state index >= 15 is 0 Å². The summed E-state index contributed by atoms with van der Waals surface area (Å²) in [6.07, 6.45) is -10.0. The first kappa shape index (κ1) is 41.1.